The molecule has 0 unspecified atom stereocenters. The summed E-state index contributed by atoms with van der Waals surface area (Å²) in [4.78, 5) is 5.26. The molecule has 0 aliphatic carbocycles. The molecular formula is C12H12N4O2S2. The fraction of sp³-hybridized carbons (Fsp3) is 0.333. The highest BCUT2D eigenvalue weighted by molar-refractivity contribution is 7.98. The van der Waals surface area contributed by atoms with Gasteiger partial charge in [0.25, 0.3) is 11.1 Å². The Morgan fingerprint density at radius 1 is 1.35 bits per heavy atom. The van der Waals surface area contributed by atoms with Crippen LogP contribution in [0.2, 0.25) is 0 Å². The van der Waals surface area contributed by atoms with E-state index in [4.69, 9.17) is 8.94 Å². The van der Waals surface area contributed by atoms with E-state index in [0.717, 1.165) is 4.88 Å². The molecule has 0 atom stereocenters. The van der Waals surface area contributed by atoms with Gasteiger partial charge in [0.15, 0.2) is 5.82 Å². The normalized spacial score (nSPS) is 11.3. The molecule has 0 radical (unpaired) electrons. The number of hydrogen-bond acceptors (Lipinski definition) is 8. The van der Waals surface area contributed by atoms with E-state index in [0.29, 0.717) is 28.6 Å². The second-order valence-electron chi connectivity index (χ2n) is 4.34. The van der Waals surface area contributed by atoms with Crippen LogP contribution in [-0.2, 0) is 5.75 Å². The Morgan fingerprint density at radius 2 is 2.25 bits per heavy atom. The molecular weight excluding hydrogens is 296 g/mol. The van der Waals surface area contributed by atoms with Crippen LogP contribution in [0.25, 0.3) is 10.8 Å². The summed E-state index contributed by atoms with van der Waals surface area (Å²) in [6, 6.07) is 3.89. The first-order chi connectivity index (χ1) is 9.72. The molecule has 20 heavy (non-hydrogen) atoms. The fourth-order valence-corrected chi connectivity index (χ4v) is 2.70. The number of thiophene rings is 1. The monoisotopic (exact) mass is 308 g/mol. The molecule has 0 N–H and O–H groups in total. The highest BCUT2D eigenvalue weighted by Crippen LogP contribution is 2.27. The van der Waals surface area contributed by atoms with Crippen molar-refractivity contribution in [2.75, 3.05) is 0 Å². The zero-order valence-corrected chi connectivity index (χ0v) is 12.6. The van der Waals surface area contributed by atoms with Crippen molar-refractivity contribution in [3.63, 3.8) is 0 Å². The Hall–Kier alpha value is -1.67. The Balaban J connectivity index is 1.63. The van der Waals surface area contributed by atoms with E-state index in [1.165, 1.54) is 11.8 Å². The van der Waals surface area contributed by atoms with Gasteiger partial charge >= 0.3 is 0 Å². The highest BCUT2D eigenvalue weighted by atomic mass is 32.2. The van der Waals surface area contributed by atoms with Crippen molar-refractivity contribution in [3.8, 4) is 10.8 Å². The van der Waals surface area contributed by atoms with Crippen molar-refractivity contribution in [1.82, 2.24) is 20.3 Å². The summed E-state index contributed by atoms with van der Waals surface area (Å²) in [7, 11) is 0. The third kappa shape index (κ3) is 2.91. The molecule has 0 saturated carbocycles. The van der Waals surface area contributed by atoms with Crippen molar-refractivity contribution in [1.29, 1.82) is 0 Å². The summed E-state index contributed by atoms with van der Waals surface area (Å²) in [6.45, 7) is 4.04. The lowest BCUT2D eigenvalue weighted by atomic mass is 10.2. The maximum atomic E-state index is 5.57. The minimum Gasteiger partial charge on any atom is -0.410 e. The van der Waals surface area contributed by atoms with Crippen molar-refractivity contribution >= 4 is 23.1 Å². The molecule has 6 nitrogen and oxygen atoms in total. The van der Waals surface area contributed by atoms with Crippen molar-refractivity contribution in [3.05, 3.63) is 29.2 Å². The zero-order valence-electron chi connectivity index (χ0n) is 10.9. The predicted octanol–water partition coefficient (Wildman–Crippen LogP) is 3.60. The smallest absolute Gasteiger partial charge is 0.277 e. The van der Waals surface area contributed by atoms with Crippen LogP contribution in [0.5, 0.6) is 0 Å². The van der Waals surface area contributed by atoms with Crippen LogP contribution in [-0.4, -0.2) is 20.3 Å². The molecule has 0 fully saturated rings. The van der Waals surface area contributed by atoms with Crippen LogP contribution >= 0.6 is 23.1 Å². The van der Waals surface area contributed by atoms with Gasteiger partial charge in [-0.3, -0.25) is 0 Å². The van der Waals surface area contributed by atoms with Gasteiger partial charge in [-0.1, -0.05) is 36.8 Å². The first-order valence-electron chi connectivity index (χ1n) is 6.05. The Morgan fingerprint density at radius 3 is 2.95 bits per heavy atom. The third-order valence-corrected chi connectivity index (χ3v) is 4.12. The lowest BCUT2D eigenvalue weighted by Gasteiger charge is -1.92. The Bertz CT molecular complexity index is 675. The Labute approximate surface area is 123 Å². The first-order valence-corrected chi connectivity index (χ1v) is 7.91. The van der Waals surface area contributed by atoms with E-state index in [2.05, 4.69) is 20.3 Å². The van der Waals surface area contributed by atoms with Crippen LogP contribution in [0.4, 0.5) is 0 Å². The topological polar surface area (TPSA) is 77.8 Å². The third-order valence-electron chi connectivity index (χ3n) is 2.46. The van der Waals surface area contributed by atoms with Gasteiger partial charge in [0.05, 0.1) is 10.6 Å². The largest absolute Gasteiger partial charge is 0.410 e. The lowest BCUT2D eigenvalue weighted by molar-refractivity contribution is 0.382. The maximum absolute atomic E-state index is 5.57. The molecule has 0 amide bonds. The van der Waals surface area contributed by atoms with Gasteiger partial charge in [-0.25, -0.2) is 0 Å². The summed E-state index contributed by atoms with van der Waals surface area (Å²) in [5.74, 6) is 2.59. The van der Waals surface area contributed by atoms with Gasteiger partial charge in [0.1, 0.15) is 0 Å². The van der Waals surface area contributed by atoms with E-state index < -0.39 is 0 Å². The van der Waals surface area contributed by atoms with Gasteiger partial charge in [0.2, 0.25) is 5.89 Å². The fourth-order valence-electron chi connectivity index (χ4n) is 1.45. The van der Waals surface area contributed by atoms with Crippen molar-refractivity contribution in [2.24, 2.45) is 0 Å². The van der Waals surface area contributed by atoms with Gasteiger partial charge in [-0.15, -0.1) is 21.5 Å². The van der Waals surface area contributed by atoms with E-state index in [-0.39, 0.29) is 5.92 Å². The molecule has 3 heterocycles. The molecule has 104 valence electrons. The molecule has 0 aliphatic rings. The summed E-state index contributed by atoms with van der Waals surface area (Å²) in [5, 5.41) is 14.4. The molecule has 3 aromatic heterocycles. The minimum atomic E-state index is 0.256. The molecule has 0 aliphatic heterocycles. The minimum absolute atomic E-state index is 0.256. The Kier molecular flexibility index (Phi) is 3.83. The lowest BCUT2D eigenvalue weighted by Crippen LogP contribution is -1.90. The molecule has 0 saturated heterocycles. The number of aromatic nitrogens is 4. The molecule has 3 rings (SSSR count). The van der Waals surface area contributed by atoms with Crippen molar-refractivity contribution in [2.45, 2.75) is 30.7 Å². The summed E-state index contributed by atoms with van der Waals surface area (Å²) < 4.78 is 10.7. The SMILES string of the molecule is CC(C)c1noc(CSc2nnc(-c3cccs3)o2)n1. The van der Waals surface area contributed by atoms with Gasteiger partial charge in [-0.05, 0) is 11.4 Å². The second-order valence-corrected chi connectivity index (χ2v) is 6.21. The molecule has 0 spiro atoms. The number of nitrogens with zero attached hydrogens (tertiary/aromatic N) is 4. The molecule has 0 bridgehead atoms. The average Bonchev–Trinajstić information content (AvgIpc) is 3.17. The van der Waals surface area contributed by atoms with Crippen molar-refractivity contribution < 1.29 is 8.94 Å². The second kappa shape index (κ2) is 5.76. The molecule has 8 heteroatoms. The van der Waals surface area contributed by atoms with E-state index in [1.807, 2.05) is 31.4 Å². The quantitative estimate of drug-likeness (QED) is 0.666. The average molecular weight is 308 g/mol. The zero-order chi connectivity index (χ0) is 13.9. The van der Waals surface area contributed by atoms with Crippen LogP contribution in [0, 0.1) is 0 Å². The standard InChI is InChI=1S/C12H12N4O2S2/c1-7(2)10-13-9(18-16-10)6-20-12-15-14-11(17-12)8-4-3-5-19-8/h3-5,7H,6H2,1-2H3. The molecule has 3 aromatic rings. The van der Waals surface area contributed by atoms with Crippen LogP contribution < -0.4 is 0 Å². The number of rotatable bonds is 5. The van der Waals surface area contributed by atoms with Crippen LogP contribution in [0.1, 0.15) is 31.5 Å². The van der Waals surface area contributed by atoms with E-state index in [9.17, 15) is 0 Å². The van der Waals surface area contributed by atoms with Gasteiger partial charge in [-0.2, -0.15) is 4.98 Å². The van der Waals surface area contributed by atoms with E-state index >= 15 is 0 Å². The summed E-state index contributed by atoms with van der Waals surface area (Å²) in [6.07, 6.45) is 0. The maximum Gasteiger partial charge on any atom is 0.277 e. The predicted molar refractivity (Wildman–Crippen MR) is 75.6 cm³/mol. The van der Waals surface area contributed by atoms with Gasteiger partial charge < -0.3 is 8.94 Å². The number of hydrogen-bond donors (Lipinski definition) is 0. The summed E-state index contributed by atoms with van der Waals surface area (Å²) in [5.41, 5.74) is 0. The number of thioether (sulfide) groups is 1. The van der Waals surface area contributed by atoms with E-state index in [1.54, 1.807) is 11.3 Å². The first kappa shape index (κ1) is 13.3. The summed E-state index contributed by atoms with van der Waals surface area (Å²) >= 11 is 2.95. The van der Waals surface area contributed by atoms with Gasteiger partial charge in [0, 0.05) is 5.92 Å². The van der Waals surface area contributed by atoms with Crippen LogP contribution in [0.3, 0.4) is 0 Å². The highest BCUT2D eigenvalue weighted by Gasteiger charge is 2.13. The molecule has 0 aromatic carbocycles. The van der Waals surface area contributed by atoms with Crippen LogP contribution in [0.15, 0.2) is 31.7 Å².